The SMILES string of the molecule is CC1=C(C=O)CCc2ccccc21. The lowest BCUT2D eigenvalue weighted by molar-refractivity contribution is -0.105. The maximum Gasteiger partial charge on any atom is 0.146 e. The van der Waals surface area contributed by atoms with Crippen molar-refractivity contribution in [1.82, 2.24) is 0 Å². The summed E-state index contributed by atoms with van der Waals surface area (Å²) in [6.45, 7) is 2.03. The first kappa shape index (κ1) is 8.24. The Kier molecular flexibility index (Phi) is 2.01. The zero-order valence-corrected chi connectivity index (χ0v) is 7.71. The first-order chi connectivity index (χ1) is 6.33. The molecule has 1 aromatic carbocycles. The largest absolute Gasteiger partial charge is 0.298 e. The number of allylic oxidation sites excluding steroid dienone is 2. The molecule has 0 amide bonds. The first-order valence-corrected chi connectivity index (χ1v) is 4.56. The van der Waals surface area contributed by atoms with E-state index in [1.54, 1.807) is 0 Å². The number of aryl methyl sites for hydroxylation is 1. The molecular formula is C12H12O. The molecule has 1 heteroatoms. The van der Waals surface area contributed by atoms with Gasteiger partial charge in [0.25, 0.3) is 0 Å². The monoisotopic (exact) mass is 172 g/mol. The molecule has 1 nitrogen and oxygen atoms in total. The number of fused-ring (bicyclic) bond motifs is 1. The first-order valence-electron chi connectivity index (χ1n) is 4.56. The fraction of sp³-hybridized carbons (Fsp3) is 0.250. The smallest absolute Gasteiger partial charge is 0.146 e. The maximum atomic E-state index is 10.7. The van der Waals surface area contributed by atoms with Crippen LogP contribution in [0, 0.1) is 0 Å². The average Bonchev–Trinajstić information content (AvgIpc) is 2.19. The molecule has 0 saturated heterocycles. The third-order valence-corrected chi connectivity index (χ3v) is 2.71. The van der Waals surface area contributed by atoms with Gasteiger partial charge in [-0.25, -0.2) is 0 Å². The van der Waals surface area contributed by atoms with Gasteiger partial charge in [-0.2, -0.15) is 0 Å². The second kappa shape index (κ2) is 3.17. The van der Waals surface area contributed by atoms with Crippen LogP contribution in [0.5, 0.6) is 0 Å². The molecule has 0 bridgehead atoms. The van der Waals surface area contributed by atoms with Gasteiger partial charge in [-0.15, -0.1) is 0 Å². The highest BCUT2D eigenvalue weighted by atomic mass is 16.1. The number of rotatable bonds is 1. The third kappa shape index (κ3) is 1.31. The lowest BCUT2D eigenvalue weighted by atomic mass is 9.87. The van der Waals surface area contributed by atoms with Crippen LogP contribution in [0.2, 0.25) is 0 Å². The molecular weight excluding hydrogens is 160 g/mol. The van der Waals surface area contributed by atoms with Gasteiger partial charge in [-0.3, -0.25) is 4.79 Å². The van der Waals surface area contributed by atoms with Gasteiger partial charge in [0.1, 0.15) is 6.29 Å². The Bertz CT molecular complexity index is 374. The molecule has 0 heterocycles. The highest BCUT2D eigenvalue weighted by Crippen LogP contribution is 2.29. The molecule has 13 heavy (non-hydrogen) atoms. The number of benzene rings is 1. The van der Waals surface area contributed by atoms with E-state index in [1.165, 1.54) is 11.1 Å². The van der Waals surface area contributed by atoms with Crippen molar-refractivity contribution in [2.75, 3.05) is 0 Å². The van der Waals surface area contributed by atoms with Crippen LogP contribution < -0.4 is 0 Å². The van der Waals surface area contributed by atoms with Crippen LogP contribution in [0.1, 0.15) is 24.5 Å². The molecule has 0 spiro atoms. The maximum absolute atomic E-state index is 10.7. The Hall–Kier alpha value is -1.37. The summed E-state index contributed by atoms with van der Waals surface area (Å²) in [5.41, 5.74) is 4.72. The zero-order valence-electron chi connectivity index (χ0n) is 7.71. The van der Waals surface area contributed by atoms with E-state index in [2.05, 4.69) is 18.2 Å². The van der Waals surface area contributed by atoms with Crippen molar-refractivity contribution in [3.05, 3.63) is 41.0 Å². The highest BCUT2D eigenvalue weighted by molar-refractivity contribution is 5.89. The minimum absolute atomic E-state index is 0.895. The van der Waals surface area contributed by atoms with Crippen LogP contribution in [0.3, 0.4) is 0 Å². The molecule has 0 aliphatic heterocycles. The lowest BCUT2D eigenvalue weighted by Gasteiger charge is -2.17. The quantitative estimate of drug-likeness (QED) is 0.595. The van der Waals surface area contributed by atoms with Gasteiger partial charge in [0.15, 0.2) is 0 Å². The van der Waals surface area contributed by atoms with Crippen LogP contribution in [0.15, 0.2) is 29.8 Å². The normalized spacial score (nSPS) is 15.5. The summed E-state index contributed by atoms with van der Waals surface area (Å²) in [6, 6.07) is 8.31. The summed E-state index contributed by atoms with van der Waals surface area (Å²) in [6.07, 6.45) is 2.89. The molecule has 1 aliphatic rings. The van der Waals surface area contributed by atoms with Gasteiger partial charge >= 0.3 is 0 Å². The number of carbonyl (C=O) groups excluding carboxylic acids is 1. The van der Waals surface area contributed by atoms with Crippen molar-refractivity contribution >= 4 is 11.9 Å². The summed E-state index contributed by atoms with van der Waals surface area (Å²) < 4.78 is 0. The van der Waals surface area contributed by atoms with E-state index < -0.39 is 0 Å². The highest BCUT2D eigenvalue weighted by Gasteiger charge is 2.13. The van der Waals surface area contributed by atoms with Gasteiger partial charge < -0.3 is 0 Å². The Balaban J connectivity index is 2.58. The van der Waals surface area contributed by atoms with Crippen molar-refractivity contribution < 1.29 is 4.79 Å². The molecule has 1 aliphatic carbocycles. The topological polar surface area (TPSA) is 17.1 Å². The van der Waals surface area contributed by atoms with Gasteiger partial charge in [-0.05, 0) is 42.0 Å². The predicted molar refractivity (Wildman–Crippen MR) is 53.4 cm³/mol. The van der Waals surface area contributed by atoms with Gasteiger partial charge in [0.2, 0.25) is 0 Å². The van der Waals surface area contributed by atoms with E-state index >= 15 is 0 Å². The van der Waals surface area contributed by atoms with Crippen molar-refractivity contribution in [3.63, 3.8) is 0 Å². The molecule has 1 aromatic rings. The van der Waals surface area contributed by atoms with Crippen LogP contribution in [-0.4, -0.2) is 6.29 Å². The average molecular weight is 172 g/mol. The van der Waals surface area contributed by atoms with E-state index in [-0.39, 0.29) is 0 Å². The van der Waals surface area contributed by atoms with Gasteiger partial charge in [0.05, 0.1) is 0 Å². The molecule has 66 valence electrons. The Morgan fingerprint density at radius 3 is 2.77 bits per heavy atom. The summed E-state index contributed by atoms with van der Waals surface area (Å²) >= 11 is 0. The van der Waals surface area contributed by atoms with Crippen molar-refractivity contribution in [2.24, 2.45) is 0 Å². The zero-order chi connectivity index (χ0) is 9.26. The summed E-state index contributed by atoms with van der Waals surface area (Å²) in [4.78, 5) is 10.7. The molecule has 2 rings (SSSR count). The molecule has 0 aromatic heterocycles. The number of carbonyl (C=O) groups is 1. The molecule has 0 radical (unpaired) electrons. The van der Waals surface area contributed by atoms with Crippen LogP contribution in [0.4, 0.5) is 0 Å². The summed E-state index contributed by atoms with van der Waals surface area (Å²) in [5, 5.41) is 0. The molecule has 0 unspecified atom stereocenters. The third-order valence-electron chi connectivity index (χ3n) is 2.71. The van der Waals surface area contributed by atoms with E-state index in [4.69, 9.17) is 0 Å². The van der Waals surface area contributed by atoms with E-state index in [1.807, 2.05) is 13.0 Å². The number of hydrogen-bond acceptors (Lipinski definition) is 1. The minimum atomic E-state index is 0.895. The molecule has 0 atom stereocenters. The van der Waals surface area contributed by atoms with Crippen molar-refractivity contribution in [3.8, 4) is 0 Å². The number of aldehydes is 1. The fourth-order valence-electron chi connectivity index (χ4n) is 1.88. The Labute approximate surface area is 78.1 Å². The lowest BCUT2D eigenvalue weighted by Crippen LogP contribution is -2.03. The standard InChI is InChI=1S/C12H12O/c1-9-11(8-13)7-6-10-4-2-3-5-12(9)10/h2-5,8H,6-7H2,1H3. The van der Waals surface area contributed by atoms with E-state index in [9.17, 15) is 4.79 Å². The molecule has 0 saturated carbocycles. The predicted octanol–water partition coefficient (Wildman–Crippen LogP) is 2.61. The van der Waals surface area contributed by atoms with Crippen LogP contribution in [0.25, 0.3) is 5.57 Å². The van der Waals surface area contributed by atoms with Crippen LogP contribution in [-0.2, 0) is 11.2 Å². The van der Waals surface area contributed by atoms with Crippen molar-refractivity contribution in [2.45, 2.75) is 19.8 Å². The fourth-order valence-corrected chi connectivity index (χ4v) is 1.88. The van der Waals surface area contributed by atoms with E-state index in [0.717, 1.165) is 30.3 Å². The summed E-state index contributed by atoms with van der Waals surface area (Å²) in [7, 11) is 0. The summed E-state index contributed by atoms with van der Waals surface area (Å²) in [5.74, 6) is 0. The van der Waals surface area contributed by atoms with Gasteiger partial charge in [0, 0.05) is 0 Å². The molecule has 0 fully saturated rings. The molecule has 0 N–H and O–H groups in total. The second-order valence-corrected chi connectivity index (χ2v) is 3.43. The Morgan fingerprint density at radius 2 is 2.00 bits per heavy atom. The Morgan fingerprint density at radius 1 is 1.23 bits per heavy atom. The number of hydrogen-bond donors (Lipinski definition) is 0. The minimum Gasteiger partial charge on any atom is -0.298 e. The van der Waals surface area contributed by atoms with Crippen LogP contribution >= 0.6 is 0 Å². The van der Waals surface area contributed by atoms with E-state index in [0.29, 0.717) is 0 Å². The van der Waals surface area contributed by atoms with Gasteiger partial charge in [-0.1, -0.05) is 24.3 Å². The second-order valence-electron chi connectivity index (χ2n) is 3.43. The van der Waals surface area contributed by atoms with Crippen molar-refractivity contribution in [1.29, 1.82) is 0 Å².